The summed E-state index contributed by atoms with van der Waals surface area (Å²) in [6, 6.07) is 39.6. The number of furan rings is 1. The second-order valence-electron chi connectivity index (χ2n) is 11.4. The summed E-state index contributed by atoms with van der Waals surface area (Å²) in [5.41, 5.74) is 15.9. The molecule has 0 spiro atoms. The zero-order valence-electron chi connectivity index (χ0n) is 26.4. The summed E-state index contributed by atoms with van der Waals surface area (Å²) in [6.45, 7) is 6.10. The van der Waals surface area contributed by atoms with Gasteiger partial charge in [0, 0.05) is 45.5 Å². The van der Waals surface area contributed by atoms with Crippen molar-refractivity contribution in [3.63, 3.8) is 0 Å². The Kier molecular flexibility index (Phi) is 8.95. The van der Waals surface area contributed by atoms with Gasteiger partial charge in [0.25, 0.3) is 0 Å². The standard InChI is InChI=1S/C35H25N5O.C7H8/c1-22(3-2-15-36)24-5-7-25(8-6-24)31(38)20-32(39)26-9-12-34-29(18-26)30-19-28(10-13-35(30)41-34)40-16-14-27-17-23(21-37)4-11-33(27)40;1-7-5-3-2-4-6-7/h2-20,36,39H,1,38H2;2-6H,1H3/b3-2-,31-20-,36-15?,39-32?;. The van der Waals surface area contributed by atoms with Crippen molar-refractivity contribution in [1.29, 1.82) is 16.1 Å². The molecular formula is C42H33N5O. The lowest BCUT2D eigenvalue weighted by atomic mass is 10.0. The normalized spacial score (nSPS) is 11.4. The van der Waals surface area contributed by atoms with Gasteiger partial charge in [0.05, 0.1) is 22.9 Å². The van der Waals surface area contributed by atoms with Crippen LogP contribution in [0.15, 0.2) is 151 Å². The summed E-state index contributed by atoms with van der Waals surface area (Å²) in [5, 5.41) is 28.0. The van der Waals surface area contributed by atoms with Crippen molar-refractivity contribution >= 4 is 56.0 Å². The Balaban J connectivity index is 0.000000510. The average Bonchev–Trinajstić information content (AvgIpc) is 3.71. The fourth-order valence-electron chi connectivity index (χ4n) is 5.51. The molecule has 2 heterocycles. The van der Waals surface area contributed by atoms with Crippen molar-refractivity contribution in [1.82, 2.24) is 4.57 Å². The SMILES string of the molecule is C=C(/C=C\C=N)c1ccc(/C(N)=C/C(=N)c2ccc3oc4ccc(-n5ccc6cc(C#N)ccc65)cc4c3c2)cc1.Cc1ccccc1. The maximum absolute atomic E-state index is 9.23. The van der Waals surface area contributed by atoms with E-state index in [9.17, 15) is 5.26 Å². The smallest absolute Gasteiger partial charge is 0.135 e. The molecule has 232 valence electrons. The molecule has 2 aromatic heterocycles. The van der Waals surface area contributed by atoms with Gasteiger partial charge in [-0.1, -0.05) is 72.8 Å². The summed E-state index contributed by atoms with van der Waals surface area (Å²) in [5.74, 6) is 0. The first kappa shape index (κ1) is 31.3. The van der Waals surface area contributed by atoms with Crippen LogP contribution in [0.3, 0.4) is 0 Å². The van der Waals surface area contributed by atoms with Crippen molar-refractivity contribution in [3.05, 3.63) is 174 Å². The number of rotatable bonds is 7. The number of nitrogens with two attached hydrogens (primary N) is 1. The summed E-state index contributed by atoms with van der Waals surface area (Å²) in [6.07, 6.45) is 8.28. The number of aryl methyl sites for hydroxylation is 1. The Labute approximate surface area is 279 Å². The Morgan fingerprint density at radius 1 is 0.833 bits per heavy atom. The monoisotopic (exact) mass is 623 g/mol. The van der Waals surface area contributed by atoms with Crippen LogP contribution in [0, 0.1) is 29.1 Å². The predicted octanol–water partition coefficient (Wildman–Crippen LogP) is 9.98. The molecule has 0 fully saturated rings. The van der Waals surface area contributed by atoms with Gasteiger partial charge in [-0.05, 0) is 96.4 Å². The minimum absolute atomic E-state index is 0.294. The van der Waals surface area contributed by atoms with Gasteiger partial charge in [0.2, 0.25) is 0 Å². The van der Waals surface area contributed by atoms with Gasteiger partial charge in [0.1, 0.15) is 11.2 Å². The lowest BCUT2D eigenvalue weighted by Crippen LogP contribution is -2.02. The van der Waals surface area contributed by atoms with Crippen molar-refractivity contribution in [2.24, 2.45) is 5.73 Å². The van der Waals surface area contributed by atoms with E-state index in [2.05, 4.69) is 42.3 Å². The van der Waals surface area contributed by atoms with Crippen LogP contribution in [-0.4, -0.2) is 16.5 Å². The van der Waals surface area contributed by atoms with E-state index < -0.39 is 0 Å². The molecule has 6 nitrogen and oxygen atoms in total. The Morgan fingerprint density at radius 3 is 2.21 bits per heavy atom. The van der Waals surface area contributed by atoms with E-state index in [-0.39, 0.29) is 0 Å². The van der Waals surface area contributed by atoms with Crippen molar-refractivity contribution < 1.29 is 4.42 Å². The highest BCUT2D eigenvalue weighted by Gasteiger charge is 2.12. The molecular weight excluding hydrogens is 590 g/mol. The maximum atomic E-state index is 9.23. The van der Waals surface area contributed by atoms with Crippen molar-refractivity contribution in [2.75, 3.05) is 0 Å². The van der Waals surface area contributed by atoms with E-state index in [4.69, 9.17) is 21.0 Å². The highest BCUT2D eigenvalue weighted by molar-refractivity contribution is 6.14. The second kappa shape index (κ2) is 13.7. The molecule has 0 atom stereocenters. The first-order valence-electron chi connectivity index (χ1n) is 15.4. The van der Waals surface area contributed by atoms with E-state index in [0.717, 1.165) is 60.8 Å². The first-order chi connectivity index (χ1) is 23.3. The molecule has 7 aromatic rings. The number of fused-ring (bicyclic) bond motifs is 4. The number of allylic oxidation sites excluding steroid dienone is 4. The number of hydrogen-bond donors (Lipinski definition) is 3. The topological polar surface area (TPSA) is 116 Å². The molecule has 0 aliphatic rings. The van der Waals surface area contributed by atoms with Gasteiger partial charge < -0.3 is 25.5 Å². The number of benzene rings is 5. The van der Waals surface area contributed by atoms with E-state index in [0.29, 0.717) is 17.0 Å². The van der Waals surface area contributed by atoms with Crippen LogP contribution in [0.2, 0.25) is 0 Å². The highest BCUT2D eigenvalue weighted by Crippen LogP contribution is 2.32. The molecule has 0 aliphatic carbocycles. The van der Waals surface area contributed by atoms with Crippen LogP contribution in [0.5, 0.6) is 0 Å². The van der Waals surface area contributed by atoms with Gasteiger partial charge in [0.15, 0.2) is 0 Å². The van der Waals surface area contributed by atoms with Crippen LogP contribution in [0.4, 0.5) is 0 Å². The second-order valence-corrected chi connectivity index (χ2v) is 11.4. The maximum Gasteiger partial charge on any atom is 0.135 e. The molecule has 0 aliphatic heterocycles. The summed E-state index contributed by atoms with van der Waals surface area (Å²) < 4.78 is 8.19. The van der Waals surface area contributed by atoms with Gasteiger partial charge in [-0.3, -0.25) is 0 Å². The number of nitrogens with one attached hydrogen (secondary N) is 2. The Morgan fingerprint density at radius 2 is 1.52 bits per heavy atom. The largest absolute Gasteiger partial charge is 0.456 e. The van der Waals surface area contributed by atoms with Gasteiger partial charge >= 0.3 is 0 Å². The van der Waals surface area contributed by atoms with Crippen LogP contribution in [0.25, 0.3) is 49.8 Å². The molecule has 4 N–H and O–H groups in total. The van der Waals surface area contributed by atoms with Crippen LogP contribution in [0.1, 0.15) is 27.8 Å². The predicted molar refractivity (Wildman–Crippen MR) is 199 cm³/mol. The molecule has 0 unspecified atom stereocenters. The lowest BCUT2D eigenvalue weighted by molar-refractivity contribution is 0.669. The third-order valence-electron chi connectivity index (χ3n) is 8.08. The van der Waals surface area contributed by atoms with E-state index >= 15 is 0 Å². The summed E-state index contributed by atoms with van der Waals surface area (Å²) in [4.78, 5) is 0. The van der Waals surface area contributed by atoms with Crippen molar-refractivity contribution in [3.8, 4) is 11.8 Å². The zero-order valence-corrected chi connectivity index (χ0v) is 26.4. The first-order valence-corrected chi connectivity index (χ1v) is 15.4. The van der Waals surface area contributed by atoms with E-state index in [1.807, 2.05) is 103 Å². The molecule has 0 bridgehead atoms. The minimum atomic E-state index is 0.294. The van der Waals surface area contributed by atoms with Crippen molar-refractivity contribution in [2.45, 2.75) is 6.92 Å². The number of nitrogens with zero attached hydrogens (tertiary/aromatic N) is 2. The Bertz CT molecular complexity index is 2420. The molecule has 6 heteroatoms. The fraction of sp³-hybridized carbons (Fsp3) is 0.0238. The van der Waals surface area contributed by atoms with Gasteiger partial charge in [-0.2, -0.15) is 5.26 Å². The van der Waals surface area contributed by atoms with Crippen LogP contribution < -0.4 is 5.73 Å². The third-order valence-corrected chi connectivity index (χ3v) is 8.08. The Hall–Kier alpha value is -6.71. The summed E-state index contributed by atoms with van der Waals surface area (Å²) in [7, 11) is 0. The summed E-state index contributed by atoms with van der Waals surface area (Å²) >= 11 is 0. The third kappa shape index (κ3) is 6.62. The van der Waals surface area contributed by atoms with E-state index in [1.165, 1.54) is 11.8 Å². The molecule has 0 saturated carbocycles. The molecule has 5 aromatic carbocycles. The minimum Gasteiger partial charge on any atom is -0.456 e. The fourth-order valence-corrected chi connectivity index (χ4v) is 5.51. The van der Waals surface area contributed by atoms with E-state index in [1.54, 1.807) is 18.2 Å². The lowest BCUT2D eigenvalue weighted by Gasteiger charge is -2.07. The molecule has 7 rings (SSSR count). The molecule has 0 saturated heterocycles. The highest BCUT2D eigenvalue weighted by atomic mass is 16.3. The van der Waals surface area contributed by atoms with Crippen LogP contribution in [-0.2, 0) is 0 Å². The molecule has 0 amide bonds. The van der Waals surface area contributed by atoms with Gasteiger partial charge in [-0.25, -0.2) is 0 Å². The number of hydrogen-bond acceptors (Lipinski definition) is 5. The zero-order chi connectivity index (χ0) is 33.6. The number of nitriles is 1. The molecule has 0 radical (unpaired) electrons. The molecule has 48 heavy (non-hydrogen) atoms. The average molecular weight is 624 g/mol. The quantitative estimate of drug-likeness (QED) is 0.121. The number of aromatic nitrogens is 1. The van der Waals surface area contributed by atoms with Crippen LogP contribution >= 0.6 is 0 Å². The van der Waals surface area contributed by atoms with Gasteiger partial charge in [-0.15, -0.1) is 0 Å².